The summed E-state index contributed by atoms with van der Waals surface area (Å²) in [5, 5.41) is 8.83. The zero-order chi connectivity index (χ0) is 10.7. The van der Waals surface area contributed by atoms with Crippen LogP contribution in [0.5, 0.6) is 11.5 Å². The second-order valence-electron chi connectivity index (χ2n) is 2.57. The molecular weight excluding hydrogens is 186 g/mol. The second-order valence-corrected chi connectivity index (χ2v) is 2.57. The van der Waals surface area contributed by atoms with Crippen LogP contribution in [0.25, 0.3) is 0 Å². The predicted molar refractivity (Wildman–Crippen MR) is 50.9 cm³/mol. The highest BCUT2D eigenvalue weighted by atomic mass is 16.5. The smallest absolute Gasteiger partial charge is 0.339 e. The SMILES string of the molecule is COc1c(N)ccc(C(=O)O)c1OC. The Hall–Kier alpha value is -1.91. The maximum atomic E-state index is 10.8. The number of nitrogens with two attached hydrogens (primary N) is 1. The number of rotatable bonds is 3. The number of carboxylic acids is 1. The molecule has 0 aliphatic heterocycles. The molecule has 0 aromatic heterocycles. The topological polar surface area (TPSA) is 81.8 Å². The molecule has 0 atom stereocenters. The maximum Gasteiger partial charge on any atom is 0.339 e. The number of benzene rings is 1. The lowest BCUT2D eigenvalue weighted by atomic mass is 10.1. The molecule has 0 bridgehead atoms. The average molecular weight is 197 g/mol. The Kier molecular flexibility index (Phi) is 2.81. The fourth-order valence-corrected chi connectivity index (χ4v) is 1.16. The fraction of sp³-hybridized carbons (Fsp3) is 0.222. The lowest BCUT2D eigenvalue weighted by Gasteiger charge is -2.11. The molecule has 14 heavy (non-hydrogen) atoms. The lowest BCUT2D eigenvalue weighted by molar-refractivity contribution is 0.0692. The first-order valence-electron chi connectivity index (χ1n) is 3.85. The molecule has 5 heteroatoms. The second kappa shape index (κ2) is 3.87. The van der Waals surface area contributed by atoms with E-state index in [1.165, 1.54) is 26.4 Å². The van der Waals surface area contributed by atoms with Gasteiger partial charge in [0.2, 0.25) is 0 Å². The molecule has 3 N–H and O–H groups in total. The van der Waals surface area contributed by atoms with Crippen molar-refractivity contribution in [1.29, 1.82) is 0 Å². The first-order valence-corrected chi connectivity index (χ1v) is 3.85. The summed E-state index contributed by atoms with van der Waals surface area (Å²) in [4.78, 5) is 10.8. The van der Waals surface area contributed by atoms with E-state index >= 15 is 0 Å². The predicted octanol–water partition coefficient (Wildman–Crippen LogP) is 0.984. The van der Waals surface area contributed by atoms with Gasteiger partial charge in [-0.3, -0.25) is 0 Å². The molecular formula is C9H11NO4. The minimum absolute atomic E-state index is 0.0264. The molecule has 0 unspecified atom stereocenters. The van der Waals surface area contributed by atoms with E-state index < -0.39 is 5.97 Å². The summed E-state index contributed by atoms with van der Waals surface area (Å²) in [6.07, 6.45) is 0. The van der Waals surface area contributed by atoms with Crippen LogP contribution in [-0.2, 0) is 0 Å². The Morgan fingerprint density at radius 1 is 1.29 bits per heavy atom. The number of carbonyl (C=O) groups is 1. The number of hydrogen-bond donors (Lipinski definition) is 2. The van der Waals surface area contributed by atoms with Gasteiger partial charge in [0.15, 0.2) is 11.5 Å². The van der Waals surface area contributed by atoms with Gasteiger partial charge in [-0.2, -0.15) is 0 Å². The van der Waals surface area contributed by atoms with Crippen molar-refractivity contribution in [1.82, 2.24) is 0 Å². The minimum Gasteiger partial charge on any atom is -0.492 e. The van der Waals surface area contributed by atoms with Gasteiger partial charge in [0.25, 0.3) is 0 Å². The highest BCUT2D eigenvalue weighted by molar-refractivity contribution is 5.93. The standard InChI is InChI=1S/C9H11NO4/c1-13-7-5(9(11)12)3-4-6(10)8(7)14-2/h3-4H,10H2,1-2H3,(H,11,12). The zero-order valence-electron chi connectivity index (χ0n) is 7.90. The van der Waals surface area contributed by atoms with Crippen molar-refractivity contribution in [3.05, 3.63) is 17.7 Å². The van der Waals surface area contributed by atoms with E-state index in [1.807, 2.05) is 0 Å². The van der Waals surface area contributed by atoms with Crippen LogP contribution in [0.4, 0.5) is 5.69 Å². The lowest BCUT2D eigenvalue weighted by Crippen LogP contribution is -2.04. The van der Waals surface area contributed by atoms with Gasteiger partial charge < -0.3 is 20.3 Å². The normalized spacial score (nSPS) is 9.57. The molecule has 0 amide bonds. The van der Waals surface area contributed by atoms with Crippen molar-refractivity contribution < 1.29 is 19.4 Å². The van der Waals surface area contributed by atoms with Crippen LogP contribution in [0.2, 0.25) is 0 Å². The van der Waals surface area contributed by atoms with Crippen LogP contribution in [0.3, 0.4) is 0 Å². The molecule has 0 saturated heterocycles. The van der Waals surface area contributed by atoms with E-state index in [-0.39, 0.29) is 17.1 Å². The summed E-state index contributed by atoms with van der Waals surface area (Å²) >= 11 is 0. The number of methoxy groups -OCH3 is 2. The summed E-state index contributed by atoms with van der Waals surface area (Å²) in [6.45, 7) is 0. The molecule has 0 saturated carbocycles. The summed E-state index contributed by atoms with van der Waals surface area (Å²) in [7, 11) is 2.77. The van der Waals surface area contributed by atoms with Crippen LogP contribution in [0.1, 0.15) is 10.4 Å². The minimum atomic E-state index is -1.08. The molecule has 0 radical (unpaired) electrons. The van der Waals surface area contributed by atoms with E-state index in [0.29, 0.717) is 5.69 Å². The van der Waals surface area contributed by atoms with Crippen molar-refractivity contribution in [2.45, 2.75) is 0 Å². The van der Waals surface area contributed by atoms with Gasteiger partial charge in [-0.05, 0) is 12.1 Å². The quantitative estimate of drug-likeness (QED) is 0.706. The third-order valence-corrected chi connectivity index (χ3v) is 1.78. The molecule has 0 fully saturated rings. The molecule has 76 valence electrons. The van der Waals surface area contributed by atoms with Gasteiger partial charge in [-0.25, -0.2) is 4.79 Å². The molecule has 0 heterocycles. The summed E-state index contributed by atoms with van der Waals surface area (Å²) in [5.41, 5.74) is 5.95. The van der Waals surface area contributed by atoms with E-state index in [9.17, 15) is 4.79 Å². The third-order valence-electron chi connectivity index (χ3n) is 1.78. The van der Waals surface area contributed by atoms with Gasteiger partial charge in [0, 0.05) is 0 Å². The van der Waals surface area contributed by atoms with Gasteiger partial charge in [0.05, 0.1) is 19.9 Å². The van der Waals surface area contributed by atoms with Gasteiger partial charge in [-0.15, -0.1) is 0 Å². The van der Waals surface area contributed by atoms with Gasteiger partial charge >= 0.3 is 5.97 Å². The van der Waals surface area contributed by atoms with Crippen LogP contribution in [-0.4, -0.2) is 25.3 Å². The molecule has 0 spiro atoms. The Morgan fingerprint density at radius 3 is 2.29 bits per heavy atom. The number of nitrogen functional groups attached to an aromatic ring is 1. The highest BCUT2D eigenvalue weighted by Crippen LogP contribution is 2.36. The number of carboxylic acid groups (broad SMARTS) is 1. The van der Waals surface area contributed by atoms with E-state index in [0.717, 1.165) is 0 Å². The van der Waals surface area contributed by atoms with Crippen LogP contribution < -0.4 is 15.2 Å². The largest absolute Gasteiger partial charge is 0.492 e. The van der Waals surface area contributed by atoms with E-state index in [4.69, 9.17) is 20.3 Å². The molecule has 5 nitrogen and oxygen atoms in total. The van der Waals surface area contributed by atoms with Crippen molar-refractivity contribution in [2.24, 2.45) is 0 Å². The Balaban J connectivity index is 3.40. The van der Waals surface area contributed by atoms with Gasteiger partial charge in [0.1, 0.15) is 5.56 Å². The van der Waals surface area contributed by atoms with Crippen molar-refractivity contribution in [3.63, 3.8) is 0 Å². The number of aromatic carboxylic acids is 1. The molecule has 0 aliphatic rings. The van der Waals surface area contributed by atoms with Crippen molar-refractivity contribution in [3.8, 4) is 11.5 Å². The fourth-order valence-electron chi connectivity index (χ4n) is 1.16. The Labute approximate surface area is 81.0 Å². The van der Waals surface area contributed by atoms with Crippen LogP contribution >= 0.6 is 0 Å². The molecule has 1 aromatic carbocycles. The molecule has 0 aliphatic carbocycles. The Bertz CT molecular complexity index is 362. The van der Waals surface area contributed by atoms with Crippen molar-refractivity contribution in [2.75, 3.05) is 20.0 Å². The number of hydrogen-bond acceptors (Lipinski definition) is 4. The Morgan fingerprint density at radius 2 is 1.86 bits per heavy atom. The van der Waals surface area contributed by atoms with Crippen LogP contribution in [0, 0.1) is 0 Å². The van der Waals surface area contributed by atoms with Crippen LogP contribution in [0.15, 0.2) is 12.1 Å². The van der Waals surface area contributed by atoms with Gasteiger partial charge in [-0.1, -0.05) is 0 Å². The molecule has 1 aromatic rings. The zero-order valence-corrected chi connectivity index (χ0v) is 7.90. The number of ether oxygens (including phenoxy) is 2. The van der Waals surface area contributed by atoms with Crippen molar-refractivity contribution >= 4 is 11.7 Å². The first kappa shape index (κ1) is 10.2. The third kappa shape index (κ3) is 1.56. The summed E-state index contributed by atoms with van der Waals surface area (Å²) < 4.78 is 9.87. The summed E-state index contributed by atoms with van der Waals surface area (Å²) in [5.74, 6) is -0.701. The number of anilines is 1. The summed E-state index contributed by atoms with van der Waals surface area (Å²) in [6, 6.07) is 2.84. The first-order chi connectivity index (χ1) is 6.61. The maximum absolute atomic E-state index is 10.8. The average Bonchev–Trinajstić information content (AvgIpc) is 2.16. The molecule has 1 rings (SSSR count). The monoisotopic (exact) mass is 197 g/mol. The van der Waals surface area contributed by atoms with E-state index in [1.54, 1.807) is 0 Å². The van der Waals surface area contributed by atoms with E-state index in [2.05, 4.69) is 0 Å². The highest BCUT2D eigenvalue weighted by Gasteiger charge is 2.17.